The van der Waals surface area contributed by atoms with Crippen LogP contribution in [-0.4, -0.2) is 52.2 Å². The summed E-state index contributed by atoms with van der Waals surface area (Å²) in [7, 11) is 0. The summed E-state index contributed by atoms with van der Waals surface area (Å²) in [6, 6.07) is 8.18. The summed E-state index contributed by atoms with van der Waals surface area (Å²) in [5, 5.41) is 18.0. The van der Waals surface area contributed by atoms with E-state index in [0.717, 1.165) is 17.0 Å². The Morgan fingerprint density at radius 3 is 2.36 bits per heavy atom. The lowest BCUT2D eigenvalue weighted by molar-refractivity contribution is -0.137. The highest BCUT2D eigenvalue weighted by atomic mass is 32.1. The molecule has 0 saturated carbocycles. The normalized spacial score (nSPS) is 18.1. The van der Waals surface area contributed by atoms with E-state index < -0.39 is 40.5 Å². The van der Waals surface area contributed by atoms with Crippen molar-refractivity contribution in [2.24, 2.45) is 5.92 Å². The molecule has 0 bridgehead atoms. The summed E-state index contributed by atoms with van der Waals surface area (Å²) in [5.74, 6) is -1.62. The number of likely N-dealkylation sites (tertiary alicyclic amines) is 1. The molecule has 2 saturated heterocycles. The van der Waals surface area contributed by atoms with Crippen LogP contribution < -0.4 is 9.80 Å². The first-order chi connectivity index (χ1) is 18.3. The summed E-state index contributed by atoms with van der Waals surface area (Å²) < 4.78 is 55.9. The molecule has 12 heteroatoms. The van der Waals surface area contributed by atoms with E-state index in [9.17, 15) is 22.8 Å². The topological polar surface area (TPSA) is 87.9 Å². The summed E-state index contributed by atoms with van der Waals surface area (Å²) in [5.41, 5.74) is -3.36. The molecule has 7 nitrogen and oxygen atoms in total. The van der Waals surface area contributed by atoms with Gasteiger partial charge < -0.3 is 14.9 Å². The molecule has 2 aliphatic rings. The van der Waals surface area contributed by atoms with Crippen molar-refractivity contribution in [3.63, 3.8) is 0 Å². The minimum atomic E-state index is -4.83. The first kappa shape index (κ1) is 28.4. The number of nitrogens with zero attached hydrogens (tertiary/aromatic N) is 4. The lowest BCUT2D eigenvalue weighted by Crippen LogP contribution is -2.44. The molecule has 2 aromatic carbocycles. The maximum Gasteiger partial charge on any atom is 0.417 e. The highest BCUT2D eigenvalue weighted by molar-refractivity contribution is 7.81. The highest BCUT2D eigenvalue weighted by Crippen LogP contribution is 2.40. The van der Waals surface area contributed by atoms with Crippen molar-refractivity contribution in [2.75, 3.05) is 29.5 Å². The van der Waals surface area contributed by atoms with Gasteiger partial charge in [0, 0.05) is 25.4 Å². The van der Waals surface area contributed by atoms with Crippen LogP contribution in [0, 0.1) is 23.1 Å². The van der Waals surface area contributed by atoms with Crippen LogP contribution >= 0.6 is 12.2 Å². The molecule has 2 aliphatic heterocycles. The van der Waals surface area contributed by atoms with Gasteiger partial charge in [-0.3, -0.25) is 14.5 Å². The Morgan fingerprint density at radius 1 is 1.15 bits per heavy atom. The van der Waals surface area contributed by atoms with Crippen molar-refractivity contribution in [3.8, 4) is 6.07 Å². The van der Waals surface area contributed by atoms with Gasteiger partial charge >= 0.3 is 6.18 Å². The van der Waals surface area contributed by atoms with Gasteiger partial charge in [0.2, 0.25) is 0 Å². The van der Waals surface area contributed by atoms with Crippen molar-refractivity contribution < 1.29 is 32.3 Å². The van der Waals surface area contributed by atoms with E-state index in [1.54, 1.807) is 4.90 Å². The van der Waals surface area contributed by atoms with Gasteiger partial charge in [-0.2, -0.15) is 18.4 Å². The van der Waals surface area contributed by atoms with Crippen LogP contribution in [0.5, 0.6) is 0 Å². The number of thiocarbonyl (C=S) groups is 1. The van der Waals surface area contributed by atoms with Gasteiger partial charge in [0.25, 0.3) is 11.8 Å². The third-order valence-electron chi connectivity index (χ3n) is 7.24. The smallest absolute Gasteiger partial charge is 0.396 e. The number of amides is 2. The quantitative estimate of drug-likeness (QED) is 0.414. The summed E-state index contributed by atoms with van der Waals surface area (Å²) in [6.07, 6.45) is -2.75. The number of aliphatic hydroxyl groups is 1. The number of carbonyl (C=O) groups is 2. The molecule has 2 fully saturated rings. The number of hydrogen-bond donors (Lipinski definition) is 1. The van der Waals surface area contributed by atoms with Crippen LogP contribution in [-0.2, 0) is 11.0 Å². The number of rotatable bonds is 5. The summed E-state index contributed by atoms with van der Waals surface area (Å²) in [4.78, 5) is 30.2. The average Bonchev–Trinajstić information content (AvgIpc) is 3.06. The first-order valence-corrected chi connectivity index (χ1v) is 12.7. The Labute approximate surface area is 228 Å². The fraction of sp³-hybridized carbons (Fsp3) is 0.407. The molecule has 0 unspecified atom stereocenters. The maximum atomic E-state index is 15.3. The van der Waals surface area contributed by atoms with Crippen LogP contribution in [0.2, 0.25) is 0 Å². The number of piperidine rings is 1. The molecule has 2 heterocycles. The molecule has 39 heavy (non-hydrogen) atoms. The Bertz CT molecular complexity index is 1360. The first-order valence-electron chi connectivity index (χ1n) is 12.3. The molecular weight excluding hydrogens is 536 g/mol. The molecule has 1 N–H and O–H groups in total. The predicted molar refractivity (Wildman–Crippen MR) is 140 cm³/mol. The minimum Gasteiger partial charge on any atom is -0.396 e. The average molecular weight is 563 g/mol. The van der Waals surface area contributed by atoms with Crippen molar-refractivity contribution in [1.82, 2.24) is 4.90 Å². The molecule has 206 valence electrons. The lowest BCUT2D eigenvalue weighted by Gasteiger charge is -2.32. The zero-order valence-electron chi connectivity index (χ0n) is 21.3. The highest BCUT2D eigenvalue weighted by Gasteiger charge is 2.51. The Kier molecular flexibility index (Phi) is 7.69. The lowest BCUT2D eigenvalue weighted by atomic mass is 9.93. The second kappa shape index (κ2) is 10.5. The molecule has 0 aliphatic carbocycles. The Hall–Kier alpha value is -3.56. The van der Waals surface area contributed by atoms with E-state index >= 15 is 4.39 Å². The van der Waals surface area contributed by atoms with Crippen LogP contribution in [0.25, 0.3) is 0 Å². The molecule has 2 aromatic rings. The SMILES string of the molecule is CC1(C)C(=O)N(c2ccc(C#N)c(C(F)(F)F)c2)C(=S)N1c1ccc(C(=O)N2CCC(CCO)CC2)c(F)c1. The fourth-order valence-electron chi connectivity index (χ4n) is 5.05. The number of hydrogen-bond acceptors (Lipinski definition) is 5. The van der Waals surface area contributed by atoms with Gasteiger partial charge in [0.05, 0.1) is 28.4 Å². The van der Waals surface area contributed by atoms with Crippen molar-refractivity contribution in [1.29, 1.82) is 5.26 Å². The van der Waals surface area contributed by atoms with Gasteiger partial charge in [0.15, 0.2) is 5.11 Å². The third-order valence-corrected chi connectivity index (χ3v) is 7.60. The molecule has 0 aromatic heterocycles. The van der Waals surface area contributed by atoms with Gasteiger partial charge in [-0.15, -0.1) is 0 Å². The third kappa shape index (κ3) is 5.21. The minimum absolute atomic E-state index is 0.0814. The van der Waals surface area contributed by atoms with Crippen LogP contribution in [0.4, 0.5) is 28.9 Å². The second-order valence-electron chi connectivity index (χ2n) is 10.1. The number of carbonyl (C=O) groups excluding carboxylic acids is 2. The summed E-state index contributed by atoms with van der Waals surface area (Å²) in [6.45, 7) is 3.98. The Morgan fingerprint density at radius 2 is 1.79 bits per heavy atom. The van der Waals surface area contributed by atoms with E-state index in [4.69, 9.17) is 22.6 Å². The van der Waals surface area contributed by atoms with E-state index in [-0.39, 0.29) is 28.7 Å². The van der Waals surface area contributed by atoms with Crippen molar-refractivity contribution in [2.45, 2.75) is 44.8 Å². The molecule has 4 rings (SSSR count). The number of benzene rings is 2. The number of alkyl halides is 3. The summed E-state index contributed by atoms with van der Waals surface area (Å²) >= 11 is 5.48. The maximum absolute atomic E-state index is 15.3. The fourth-order valence-corrected chi connectivity index (χ4v) is 5.58. The van der Waals surface area contributed by atoms with E-state index in [1.807, 2.05) is 0 Å². The zero-order chi connectivity index (χ0) is 28.7. The monoisotopic (exact) mass is 562 g/mol. The molecule has 2 amide bonds. The number of nitriles is 1. The van der Waals surface area contributed by atoms with Crippen LogP contribution in [0.1, 0.15) is 54.6 Å². The number of anilines is 2. The van der Waals surface area contributed by atoms with Gasteiger partial charge in [-0.25, -0.2) is 4.39 Å². The van der Waals surface area contributed by atoms with Gasteiger partial charge in [-0.05, 0) is 87.6 Å². The van der Waals surface area contributed by atoms with Crippen LogP contribution in [0.15, 0.2) is 36.4 Å². The van der Waals surface area contributed by atoms with E-state index in [0.29, 0.717) is 44.3 Å². The van der Waals surface area contributed by atoms with Gasteiger partial charge in [0.1, 0.15) is 11.4 Å². The molecule has 0 radical (unpaired) electrons. The molecular formula is C27H26F4N4O3S. The molecule has 0 atom stereocenters. The standard InChI is InChI=1S/C27H26F4N4O3S/c1-26(2)24(38)34(18-4-3-17(15-32)21(13-18)27(29,30)31)25(39)35(26)19-5-6-20(22(28)14-19)23(37)33-10-7-16(8-11-33)9-12-36/h3-6,13-14,16,36H,7-12H2,1-2H3. The van der Waals surface area contributed by atoms with Crippen molar-refractivity contribution in [3.05, 3.63) is 58.9 Å². The predicted octanol–water partition coefficient (Wildman–Crippen LogP) is 4.87. The largest absolute Gasteiger partial charge is 0.417 e. The van der Waals surface area contributed by atoms with E-state index in [2.05, 4.69) is 0 Å². The zero-order valence-corrected chi connectivity index (χ0v) is 22.1. The van der Waals surface area contributed by atoms with Gasteiger partial charge in [-0.1, -0.05) is 0 Å². The Balaban J connectivity index is 1.62. The number of halogens is 4. The van der Waals surface area contributed by atoms with Crippen molar-refractivity contribution >= 4 is 40.5 Å². The molecule has 0 spiro atoms. The van der Waals surface area contributed by atoms with Crippen LogP contribution in [0.3, 0.4) is 0 Å². The van der Waals surface area contributed by atoms with E-state index in [1.165, 1.54) is 43.0 Å². The second-order valence-corrected chi connectivity index (χ2v) is 10.4. The number of aliphatic hydroxyl groups excluding tert-OH is 1.